The maximum Gasteiger partial charge on any atom is 0.268 e. The molecule has 0 aliphatic carbocycles. The third-order valence-electron chi connectivity index (χ3n) is 7.40. The minimum atomic E-state index is -2.62. The molecule has 40 heavy (non-hydrogen) atoms. The lowest BCUT2D eigenvalue weighted by atomic mass is 9.84. The van der Waals surface area contributed by atoms with Crippen LogP contribution in [0.15, 0.2) is 36.4 Å². The number of ketones is 1. The first-order valence-electron chi connectivity index (χ1n) is 12.5. The summed E-state index contributed by atoms with van der Waals surface area (Å²) in [4.78, 5) is 12.9. The van der Waals surface area contributed by atoms with E-state index in [-0.39, 0.29) is 29.2 Å². The van der Waals surface area contributed by atoms with Gasteiger partial charge in [-0.3, -0.25) is 4.79 Å². The molecular weight excluding hydrogens is 536 g/mol. The van der Waals surface area contributed by atoms with Crippen molar-refractivity contribution < 1.29 is 69.7 Å². The molecule has 3 aliphatic heterocycles. The van der Waals surface area contributed by atoms with Crippen molar-refractivity contribution in [3.63, 3.8) is 0 Å². The van der Waals surface area contributed by atoms with Gasteiger partial charge in [0.15, 0.2) is 18.0 Å². The SMILES string of the molecule is O=C1C[C@@H](c2ccc(O)cc2)Oc2cc(O[C@@]3([C@H]4OC[C@H](O)[C@H](O)[C@@H]4O)O[C@@H](CO)[C@H](O)[C@H](O)[C@@H]3O)cc(O)c21. The topological polar surface area (TPSA) is 236 Å². The molecule has 14 nitrogen and oxygen atoms in total. The molecule has 0 bridgehead atoms. The Morgan fingerprint density at radius 2 is 1.62 bits per heavy atom. The van der Waals surface area contributed by atoms with Gasteiger partial charge >= 0.3 is 0 Å². The second-order valence-electron chi connectivity index (χ2n) is 10.0. The Labute approximate surface area is 226 Å². The van der Waals surface area contributed by atoms with Gasteiger partial charge in [-0.2, -0.15) is 0 Å². The molecule has 0 aromatic heterocycles. The highest BCUT2D eigenvalue weighted by Gasteiger charge is 2.64. The standard InChI is InChI=1S/C26H30O14/c27-8-18-21(33)22(34)24(36)26(40-18,25-23(35)20(32)15(31)9-37-25)39-12-5-13(29)19-14(30)7-16(38-17(19)6-12)10-1-3-11(28)4-2-10/h1-6,15-16,18,20-25,27-29,31-36H,7-9H2/t15-,16-,18-,20-,21-,22-,23-,24-,25-,26+/m0/s1. The summed E-state index contributed by atoms with van der Waals surface area (Å²) in [6.07, 6.45) is -15.5. The van der Waals surface area contributed by atoms with Gasteiger partial charge in [-0.1, -0.05) is 12.1 Å². The van der Waals surface area contributed by atoms with Crippen LogP contribution in [0.4, 0.5) is 0 Å². The van der Waals surface area contributed by atoms with Crippen molar-refractivity contribution in [1.82, 2.24) is 0 Å². The van der Waals surface area contributed by atoms with Crippen molar-refractivity contribution in [3.8, 4) is 23.0 Å². The number of Topliss-reactive ketones (excluding diaryl/α,β-unsaturated/α-hetero) is 1. The average molecular weight is 567 g/mol. The molecule has 2 saturated heterocycles. The van der Waals surface area contributed by atoms with Gasteiger partial charge in [-0.05, 0) is 17.7 Å². The molecule has 9 N–H and O–H groups in total. The summed E-state index contributed by atoms with van der Waals surface area (Å²) in [5.74, 6) is -4.08. The van der Waals surface area contributed by atoms with E-state index in [2.05, 4.69) is 0 Å². The molecule has 0 amide bonds. The number of phenols is 2. The van der Waals surface area contributed by atoms with E-state index in [1.807, 2.05) is 0 Å². The fraction of sp³-hybridized carbons (Fsp3) is 0.500. The van der Waals surface area contributed by atoms with Gasteiger partial charge in [0.1, 0.15) is 71.3 Å². The molecule has 0 radical (unpaired) electrons. The minimum absolute atomic E-state index is 0.00852. The summed E-state index contributed by atoms with van der Waals surface area (Å²) in [5.41, 5.74) is 0.400. The highest BCUT2D eigenvalue weighted by molar-refractivity contribution is 6.02. The summed E-state index contributed by atoms with van der Waals surface area (Å²) in [6.45, 7) is -1.42. The van der Waals surface area contributed by atoms with E-state index in [4.69, 9.17) is 18.9 Å². The molecule has 14 heteroatoms. The van der Waals surface area contributed by atoms with E-state index in [1.165, 1.54) is 18.2 Å². The van der Waals surface area contributed by atoms with Crippen molar-refractivity contribution in [2.75, 3.05) is 13.2 Å². The van der Waals surface area contributed by atoms with Crippen molar-refractivity contribution in [2.24, 2.45) is 0 Å². The predicted octanol–water partition coefficient (Wildman–Crippen LogP) is -2.17. The van der Waals surface area contributed by atoms with Gasteiger partial charge in [0.2, 0.25) is 0 Å². The quantitative estimate of drug-likeness (QED) is 0.187. The summed E-state index contributed by atoms with van der Waals surface area (Å²) in [6, 6.07) is 8.12. The molecule has 218 valence electrons. The zero-order valence-corrected chi connectivity index (χ0v) is 20.8. The van der Waals surface area contributed by atoms with E-state index in [0.29, 0.717) is 5.56 Å². The zero-order chi connectivity index (χ0) is 28.9. The number of aliphatic hydroxyl groups excluding tert-OH is 7. The Hall–Kier alpha value is -3.05. The minimum Gasteiger partial charge on any atom is -0.508 e. The number of aliphatic hydroxyl groups is 7. The van der Waals surface area contributed by atoms with Gasteiger partial charge < -0.3 is 64.9 Å². The monoisotopic (exact) mass is 566 g/mol. The van der Waals surface area contributed by atoms with E-state index in [9.17, 15) is 50.8 Å². The van der Waals surface area contributed by atoms with Crippen LogP contribution in [0.2, 0.25) is 0 Å². The lowest BCUT2D eigenvalue weighted by Gasteiger charge is -2.53. The number of aromatic hydroxyl groups is 2. The van der Waals surface area contributed by atoms with Crippen LogP contribution in [0.3, 0.4) is 0 Å². The Morgan fingerprint density at radius 1 is 0.925 bits per heavy atom. The van der Waals surface area contributed by atoms with Gasteiger partial charge in [0, 0.05) is 12.1 Å². The number of hydrogen-bond acceptors (Lipinski definition) is 14. The van der Waals surface area contributed by atoms with Crippen LogP contribution in [0, 0.1) is 0 Å². The summed E-state index contributed by atoms with van der Waals surface area (Å²) < 4.78 is 23.0. The number of hydrogen-bond donors (Lipinski definition) is 9. The molecule has 2 fully saturated rings. The van der Waals surface area contributed by atoms with Gasteiger partial charge in [-0.25, -0.2) is 0 Å². The molecule has 2 aromatic carbocycles. The number of carbonyl (C=O) groups is 1. The Kier molecular flexibility index (Phi) is 7.64. The first-order chi connectivity index (χ1) is 19.0. The molecule has 0 saturated carbocycles. The summed E-state index contributed by atoms with van der Waals surface area (Å²) in [5, 5.41) is 93.0. The Balaban J connectivity index is 1.55. The lowest BCUT2D eigenvalue weighted by Crippen LogP contribution is -2.76. The Morgan fingerprint density at radius 3 is 2.30 bits per heavy atom. The number of phenolic OH excluding ortho intramolecular Hbond substituents is 2. The van der Waals surface area contributed by atoms with E-state index >= 15 is 0 Å². The van der Waals surface area contributed by atoms with E-state index in [0.717, 1.165) is 6.07 Å². The maximum atomic E-state index is 12.9. The van der Waals surface area contributed by atoms with Crippen LogP contribution in [0.1, 0.15) is 28.4 Å². The largest absolute Gasteiger partial charge is 0.508 e. The molecule has 10 atom stereocenters. The van der Waals surface area contributed by atoms with Gasteiger partial charge in [-0.15, -0.1) is 0 Å². The molecule has 2 aromatic rings. The maximum absolute atomic E-state index is 12.9. The summed E-state index contributed by atoms with van der Waals surface area (Å²) >= 11 is 0. The van der Waals surface area contributed by atoms with Gasteiger partial charge in [0.05, 0.1) is 19.6 Å². The number of carbonyl (C=O) groups excluding carboxylic acids is 1. The number of ether oxygens (including phenoxy) is 4. The highest BCUT2D eigenvalue weighted by atomic mass is 16.7. The third-order valence-corrected chi connectivity index (χ3v) is 7.40. The van der Waals surface area contributed by atoms with Crippen LogP contribution in [0.5, 0.6) is 23.0 Å². The Bertz CT molecular complexity index is 1230. The fourth-order valence-corrected chi connectivity index (χ4v) is 5.24. The predicted molar refractivity (Wildman–Crippen MR) is 130 cm³/mol. The average Bonchev–Trinajstić information content (AvgIpc) is 2.92. The molecule has 5 rings (SSSR count). The van der Waals surface area contributed by atoms with Crippen LogP contribution >= 0.6 is 0 Å². The second-order valence-corrected chi connectivity index (χ2v) is 10.0. The lowest BCUT2D eigenvalue weighted by molar-refractivity contribution is -0.388. The first-order valence-corrected chi connectivity index (χ1v) is 12.5. The molecule has 3 aliphatic rings. The van der Waals surface area contributed by atoms with Crippen molar-refractivity contribution in [1.29, 1.82) is 0 Å². The van der Waals surface area contributed by atoms with Crippen molar-refractivity contribution in [2.45, 2.75) is 67.1 Å². The van der Waals surface area contributed by atoms with Crippen LogP contribution < -0.4 is 9.47 Å². The fourth-order valence-electron chi connectivity index (χ4n) is 5.24. The molecule has 0 spiro atoms. The number of rotatable bonds is 5. The van der Waals surface area contributed by atoms with Crippen LogP contribution in [0.25, 0.3) is 0 Å². The van der Waals surface area contributed by atoms with Crippen LogP contribution in [-0.2, 0) is 9.47 Å². The van der Waals surface area contributed by atoms with Crippen molar-refractivity contribution >= 4 is 5.78 Å². The van der Waals surface area contributed by atoms with Gasteiger partial charge in [0.25, 0.3) is 5.79 Å². The second kappa shape index (κ2) is 10.7. The van der Waals surface area contributed by atoms with E-state index < -0.39 is 85.5 Å². The first kappa shape index (κ1) is 28.5. The normalized spacial score (nSPS) is 37.9. The third kappa shape index (κ3) is 4.76. The zero-order valence-electron chi connectivity index (χ0n) is 20.8. The molecule has 3 heterocycles. The van der Waals surface area contributed by atoms with E-state index in [1.54, 1.807) is 12.1 Å². The molecule has 0 unspecified atom stereocenters. The van der Waals surface area contributed by atoms with Crippen LogP contribution in [-0.4, -0.2) is 120 Å². The smallest absolute Gasteiger partial charge is 0.268 e. The van der Waals surface area contributed by atoms with Crippen molar-refractivity contribution in [3.05, 3.63) is 47.5 Å². The molecular formula is C26H30O14. The summed E-state index contributed by atoms with van der Waals surface area (Å²) in [7, 11) is 0. The number of fused-ring (bicyclic) bond motifs is 1. The number of benzene rings is 2. The highest BCUT2D eigenvalue weighted by Crippen LogP contribution is 2.45.